The lowest BCUT2D eigenvalue weighted by Crippen LogP contribution is -2.59. The minimum Gasteiger partial charge on any atom is -0.496 e. The molecule has 0 amide bonds. The van der Waals surface area contributed by atoms with Crippen molar-refractivity contribution in [3.05, 3.63) is 41.0 Å². The summed E-state index contributed by atoms with van der Waals surface area (Å²) in [5, 5.41) is 13.2. The first-order valence-electron chi connectivity index (χ1n) is 12.3. The van der Waals surface area contributed by atoms with Crippen LogP contribution in [0.5, 0.6) is 11.5 Å². The van der Waals surface area contributed by atoms with Crippen molar-refractivity contribution >= 4 is 11.7 Å². The number of methoxy groups -OCH3 is 3. The average Bonchev–Trinajstić information content (AvgIpc) is 3.34. The molecule has 7 nitrogen and oxygen atoms in total. The lowest BCUT2D eigenvalue weighted by molar-refractivity contribution is -0.151. The number of carboxylic acid groups (broad SMARTS) is 1. The number of ether oxygens (including phenoxy) is 4. The number of anilines is 1. The summed E-state index contributed by atoms with van der Waals surface area (Å²) >= 11 is 0. The Balaban J connectivity index is 1.72. The maximum Gasteiger partial charge on any atom is 0.329 e. The van der Waals surface area contributed by atoms with Crippen LogP contribution in [0.15, 0.2) is 24.3 Å². The molecule has 0 spiro atoms. The van der Waals surface area contributed by atoms with Crippen LogP contribution in [0.4, 0.5) is 5.69 Å². The van der Waals surface area contributed by atoms with Crippen molar-refractivity contribution in [2.75, 3.05) is 26.6 Å². The quantitative estimate of drug-likeness (QED) is 0.462. The molecular weight excluding hydrogens is 446 g/mol. The molecule has 2 aromatic rings. The van der Waals surface area contributed by atoms with Gasteiger partial charge in [0, 0.05) is 31.2 Å². The van der Waals surface area contributed by atoms with Gasteiger partial charge in [-0.25, -0.2) is 4.79 Å². The number of aliphatic carboxylic acids is 1. The fourth-order valence-electron chi connectivity index (χ4n) is 5.47. The van der Waals surface area contributed by atoms with Crippen molar-refractivity contribution in [3.63, 3.8) is 0 Å². The number of carbonyl (C=O) groups is 1. The highest BCUT2D eigenvalue weighted by Crippen LogP contribution is 2.42. The van der Waals surface area contributed by atoms with Gasteiger partial charge in [-0.15, -0.1) is 0 Å². The van der Waals surface area contributed by atoms with Gasteiger partial charge in [-0.05, 0) is 67.1 Å². The maximum absolute atomic E-state index is 12.1. The summed E-state index contributed by atoms with van der Waals surface area (Å²) in [5.41, 5.74) is 4.77. The van der Waals surface area contributed by atoms with E-state index < -0.39 is 11.5 Å². The SMILES string of the molecule is COc1cc(-c2ccc(NC3(C(=O)O)CC(OC)C3)cc2COC2CCCC2)c(C)c(OC)c1C. The topological polar surface area (TPSA) is 86.3 Å². The van der Waals surface area contributed by atoms with E-state index >= 15 is 0 Å². The van der Waals surface area contributed by atoms with Crippen LogP contribution >= 0.6 is 0 Å². The largest absolute Gasteiger partial charge is 0.496 e. The molecule has 2 aliphatic carbocycles. The molecule has 7 heteroatoms. The smallest absolute Gasteiger partial charge is 0.329 e. The summed E-state index contributed by atoms with van der Waals surface area (Å²) in [7, 11) is 4.96. The Morgan fingerprint density at radius 2 is 1.71 bits per heavy atom. The van der Waals surface area contributed by atoms with Crippen molar-refractivity contribution in [3.8, 4) is 22.6 Å². The Labute approximate surface area is 207 Å². The predicted molar refractivity (Wildman–Crippen MR) is 136 cm³/mol. The van der Waals surface area contributed by atoms with E-state index in [0.717, 1.165) is 57.8 Å². The van der Waals surface area contributed by atoms with E-state index in [1.165, 1.54) is 12.8 Å². The molecule has 0 radical (unpaired) electrons. The molecule has 190 valence electrons. The molecule has 35 heavy (non-hydrogen) atoms. The van der Waals surface area contributed by atoms with Crippen molar-refractivity contribution < 1.29 is 28.8 Å². The van der Waals surface area contributed by atoms with E-state index in [2.05, 4.69) is 5.32 Å². The lowest BCUT2D eigenvalue weighted by atomic mass is 9.74. The van der Waals surface area contributed by atoms with Crippen LogP contribution in [0.3, 0.4) is 0 Å². The summed E-state index contributed by atoms with van der Waals surface area (Å²) in [4.78, 5) is 12.1. The van der Waals surface area contributed by atoms with Crippen LogP contribution in [-0.2, 0) is 20.9 Å². The molecule has 2 saturated carbocycles. The van der Waals surface area contributed by atoms with Crippen molar-refractivity contribution in [2.45, 2.75) is 76.7 Å². The molecule has 0 saturated heterocycles. The summed E-state index contributed by atoms with van der Waals surface area (Å²) in [6, 6.07) is 8.04. The zero-order valence-corrected chi connectivity index (χ0v) is 21.4. The average molecular weight is 484 g/mol. The van der Waals surface area contributed by atoms with Crippen LogP contribution in [-0.4, -0.2) is 50.2 Å². The molecule has 0 bridgehead atoms. The Bertz CT molecular complexity index is 1070. The second-order valence-electron chi connectivity index (χ2n) is 9.78. The molecule has 0 heterocycles. The van der Waals surface area contributed by atoms with E-state index in [1.54, 1.807) is 21.3 Å². The molecule has 2 N–H and O–H groups in total. The minimum atomic E-state index is -1.02. The van der Waals surface area contributed by atoms with Crippen LogP contribution < -0.4 is 14.8 Å². The minimum absolute atomic E-state index is 0.0434. The fraction of sp³-hybridized carbons (Fsp3) is 0.536. The van der Waals surface area contributed by atoms with Crippen LogP contribution in [0, 0.1) is 13.8 Å². The zero-order valence-electron chi connectivity index (χ0n) is 21.4. The first kappa shape index (κ1) is 25.3. The molecule has 4 rings (SSSR count). The number of hydrogen-bond acceptors (Lipinski definition) is 6. The van der Waals surface area contributed by atoms with E-state index in [9.17, 15) is 9.90 Å². The number of benzene rings is 2. The summed E-state index contributed by atoms with van der Waals surface area (Å²) < 4.78 is 23.0. The monoisotopic (exact) mass is 483 g/mol. The zero-order chi connectivity index (χ0) is 25.2. The molecule has 2 aromatic carbocycles. The van der Waals surface area contributed by atoms with Crippen molar-refractivity contribution in [2.24, 2.45) is 0 Å². The molecule has 0 unspecified atom stereocenters. The van der Waals surface area contributed by atoms with E-state index in [-0.39, 0.29) is 12.2 Å². The van der Waals surface area contributed by atoms with Gasteiger partial charge >= 0.3 is 5.97 Å². The van der Waals surface area contributed by atoms with E-state index in [4.69, 9.17) is 18.9 Å². The second-order valence-corrected chi connectivity index (χ2v) is 9.78. The molecule has 2 fully saturated rings. The highest BCUT2D eigenvalue weighted by atomic mass is 16.5. The lowest BCUT2D eigenvalue weighted by Gasteiger charge is -2.44. The highest BCUT2D eigenvalue weighted by molar-refractivity contribution is 5.85. The number of rotatable bonds is 10. The molecule has 0 atom stereocenters. The second kappa shape index (κ2) is 10.5. The molecule has 0 aromatic heterocycles. The van der Waals surface area contributed by atoms with Crippen molar-refractivity contribution in [1.82, 2.24) is 0 Å². The standard InChI is InChI=1S/C28H37NO6/c1-17-24(13-25(33-4)18(2)26(17)34-5)23-11-10-20(12-19(23)16-35-21-8-6-7-9-21)29-28(27(30)31)14-22(15-28)32-3/h10-13,21-22,29H,6-9,14-16H2,1-5H3,(H,30,31). The van der Waals surface area contributed by atoms with Gasteiger partial charge in [-0.1, -0.05) is 18.9 Å². The third-order valence-electron chi connectivity index (χ3n) is 7.61. The fourth-order valence-corrected chi connectivity index (χ4v) is 5.47. The van der Waals surface area contributed by atoms with Crippen LogP contribution in [0.2, 0.25) is 0 Å². The van der Waals surface area contributed by atoms with Gasteiger partial charge in [0.15, 0.2) is 0 Å². The molecule has 0 aliphatic heterocycles. The Hall–Kier alpha value is -2.77. The first-order chi connectivity index (χ1) is 16.8. The van der Waals surface area contributed by atoms with Gasteiger partial charge in [0.2, 0.25) is 0 Å². The summed E-state index contributed by atoms with van der Waals surface area (Å²) in [5.74, 6) is 0.703. The number of nitrogens with one attached hydrogen (secondary N) is 1. The van der Waals surface area contributed by atoms with E-state index in [0.29, 0.717) is 19.4 Å². The Kier molecular flexibility index (Phi) is 7.57. The maximum atomic E-state index is 12.1. The molecule has 2 aliphatic rings. The number of carboxylic acids is 1. The van der Waals surface area contributed by atoms with Gasteiger partial charge in [-0.2, -0.15) is 0 Å². The van der Waals surface area contributed by atoms with Gasteiger partial charge < -0.3 is 29.4 Å². The normalized spacial score (nSPS) is 22.0. The van der Waals surface area contributed by atoms with Gasteiger partial charge in [0.1, 0.15) is 17.0 Å². The van der Waals surface area contributed by atoms with Gasteiger partial charge in [0.25, 0.3) is 0 Å². The van der Waals surface area contributed by atoms with Crippen LogP contribution in [0.1, 0.15) is 55.2 Å². The molecular formula is C28H37NO6. The summed E-state index contributed by atoms with van der Waals surface area (Å²) in [6.45, 7) is 4.49. The van der Waals surface area contributed by atoms with Crippen LogP contribution in [0.25, 0.3) is 11.1 Å². The number of hydrogen-bond donors (Lipinski definition) is 2. The Morgan fingerprint density at radius 1 is 1.00 bits per heavy atom. The Morgan fingerprint density at radius 3 is 2.31 bits per heavy atom. The third-order valence-corrected chi connectivity index (χ3v) is 7.61. The van der Waals surface area contributed by atoms with Crippen molar-refractivity contribution in [1.29, 1.82) is 0 Å². The predicted octanol–water partition coefficient (Wildman–Crippen LogP) is 5.49. The summed E-state index contributed by atoms with van der Waals surface area (Å²) in [6.07, 6.45) is 5.65. The van der Waals surface area contributed by atoms with Gasteiger partial charge in [-0.3, -0.25) is 0 Å². The first-order valence-corrected chi connectivity index (χ1v) is 12.3. The highest BCUT2D eigenvalue weighted by Gasteiger charge is 2.51. The third kappa shape index (κ3) is 4.98. The van der Waals surface area contributed by atoms with E-state index in [1.807, 2.05) is 38.1 Å². The van der Waals surface area contributed by atoms with Gasteiger partial charge in [0.05, 0.1) is 33.0 Å².